The van der Waals surface area contributed by atoms with Crippen molar-refractivity contribution in [2.75, 3.05) is 0 Å². The Bertz CT molecular complexity index is 936. The fraction of sp³-hybridized carbons (Fsp3) is 0.105. The minimum atomic E-state index is -0.662. The van der Waals surface area contributed by atoms with E-state index in [-0.39, 0.29) is 0 Å². The van der Waals surface area contributed by atoms with Gasteiger partial charge in [-0.15, -0.1) is 11.3 Å². The van der Waals surface area contributed by atoms with Crippen molar-refractivity contribution >= 4 is 11.3 Å². The third-order valence-corrected chi connectivity index (χ3v) is 4.74. The van der Waals surface area contributed by atoms with Crippen LogP contribution in [0.25, 0.3) is 22.0 Å². The van der Waals surface area contributed by atoms with Crippen molar-refractivity contribution in [2.45, 2.75) is 12.6 Å². The zero-order chi connectivity index (χ0) is 17.1. The zero-order valence-corrected chi connectivity index (χ0v) is 14.2. The van der Waals surface area contributed by atoms with Gasteiger partial charge in [0.2, 0.25) is 0 Å². The molecule has 0 bridgehead atoms. The van der Waals surface area contributed by atoms with E-state index in [4.69, 9.17) is 0 Å². The van der Waals surface area contributed by atoms with Gasteiger partial charge >= 0.3 is 0 Å². The van der Waals surface area contributed by atoms with Crippen molar-refractivity contribution in [1.29, 1.82) is 0 Å². The van der Waals surface area contributed by atoms with Gasteiger partial charge in [0.1, 0.15) is 10.7 Å². The van der Waals surface area contributed by atoms with Crippen molar-refractivity contribution in [1.82, 2.24) is 19.5 Å². The Morgan fingerprint density at radius 3 is 2.64 bits per heavy atom. The molecule has 3 heterocycles. The van der Waals surface area contributed by atoms with Crippen LogP contribution in [0.15, 0.2) is 72.8 Å². The highest BCUT2D eigenvalue weighted by Crippen LogP contribution is 2.33. The fourth-order valence-corrected chi connectivity index (χ4v) is 3.46. The maximum atomic E-state index is 10.6. The molecule has 25 heavy (non-hydrogen) atoms. The highest BCUT2D eigenvalue weighted by atomic mass is 32.1. The highest BCUT2D eigenvalue weighted by molar-refractivity contribution is 7.13. The SMILES string of the molecule is O[C@H](Cn1cnc(-c2ccccc2)c1-c1nccs1)c1cccnc1. The van der Waals surface area contributed by atoms with Gasteiger partial charge in [-0.25, -0.2) is 9.97 Å². The molecule has 0 aliphatic carbocycles. The Morgan fingerprint density at radius 2 is 1.92 bits per heavy atom. The molecule has 124 valence electrons. The summed E-state index contributed by atoms with van der Waals surface area (Å²) in [5.74, 6) is 0. The van der Waals surface area contributed by atoms with E-state index in [9.17, 15) is 5.11 Å². The van der Waals surface area contributed by atoms with Crippen molar-refractivity contribution in [3.63, 3.8) is 0 Å². The minimum Gasteiger partial charge on any atom is -0.386 e. The predicted molar refractivity (Wildman–Crippen MR) is 98.0 cm³/mol. The van der Waals surface area contributed by atoms with Crippen LogP contribution in [0.1, 0.15) is 11.7 Å². The van der Waals surface area contributed by atoms with Crippen LogP contribution in [0.4, 0.5) is 0 Å². The Balaban J connectivity index is 1.75. The summed E-state index contributed by atoms with van der Waals surface area (Å²) in [6.45, 7) is 0.389. The first-order valence-corrected chi connectivity index (χ1v) is 8.79. The number of pyridine rings is 1. The fourth-order valence-electron chi connectivity index (χ4n) is 2.76. The normalized spacial score (nSPS) is 12.2. The number of aromatic nitrogens is 4. The number of rotatable bonds is 5. The van der Waals surface area contributed by atoms with Gasteiger partial charge in [-0.3, -0.25) is 4.98 Å². The molecule has 6 heteroatoms. The standard InChI is InChI=1S/C19H16N4OS/c24-16(15-7-4-8-20-11-15)12-23-13-22-17(14-5-2-1-3-6-14)18(23)19-21-9-10-25-19/h1-11,13,16,24H,12H2/t16-/m1/s1. The zero-order valence-electron chi connectivity index (χ0n) is 13.4. The van der Waals surface area contributed by atoms with E-state index >= 15 is 0 Å². The number of aliphatic hydroxyl groups excluding tert-OH is 1. The summed E-state index contributed by atoms with van der Waals surface area (Å²) >= 11 is 1.56. The van der Waals surface area contributed by atoms with E-state index in [1.54, 1.807) is 36.3 Å². The van der Waals surface area contributed by atoms with Crippen LogP contribution in [-0.2, 0) is 6.54 Å². The van der Waals surface area contributed by atoms with E-state index < -0.39 is 6.10 Å². The maximum Gasteiger partial charge on any atom is 0.142 e. The van der Waals surface area contributed by atoms with Gasteiger partial charge in [0.05, 0.1) is 24.7 Å². The third-order valence-electron chi connectivity index (χ3n) is 3.96. The molecular weight excluding hydrogens is 332 g/mol. The van der Waals surface area contributed by atoms with Crippen LogP contribution in [0.5, 0.6) is 0 Å². The first-order valence-electron chi connectivity index (χ1n) is 7.91. The lowest BCUT2D eigenvalue weighted by Crippen LogP contribution is -2.09. The molecule has 3 aromatic heterocycles. The van der Waals surface area contributed by atoms with Crippen molar-refractivity contribution < 1.29 is 5.11 Å². The first-order chi connectivity index (χ1) is 12.3. The summed E-state index contributed by atoms with van der Waals surface area (Å²) in [6, 6.07) is 13.7. The molecule has 4 aromatic rings. The Hall–Kier alpha value is -2.83. The molecule has 1 aromatic carbocycles. The largest absolute Gasteiger partial charge is 0.386 e. The highest BCUT2D eigenvalue weighted by Gasteiger charge is 2.19. The average molecular weight is 348 g/mol. The number of benzene rings is 1. The molecule has 1 atom stereocenters. The quantitative estimate of drug-likeness (QED) is 0.596. The first kappa shape index (κ1) is 15.7. The van der Waals surface area contributed by atoms with E-state index in [1.807, 2.05) is 52.4 Å². The lowest BCUT2D eigenvalue weighted by atomic mass is 10.1. The van der Waals surface area contributed by atoms with E-state index in [0.717, 1.165) is 27.5 Å². The molecule has 0 radical (unpaired) electrons. The molecule has 0 saturated carbocycles. The predicted octanol–water partition coefficient (Wildman–Crippen LogP) is 3.80. The molecule has 1 N–H and O–H groups in total. The second-order valence-electron chi connectivity index (χ2n) is 5.60. The molecule has 0 amide bonds. The Labute approximate surface area is 149 Å². The van der Waals surface area contributed by atoms with Crippen molar-refractivity contribution in [3.8, 4) is 22.0 Å². The molecule has 0 fully saturated rings. The van der Waals surface area contributed by atoms with Gasteiger partial charge in [-0.05, 0) is 6.07 Å². The third kappa shape index (κ3) is 3.22. The van der Waals surface area contributed by atoms with Crippen LogP contribution >= 0.6 is 11.3 Å². The lowest BCUT2D eigenvalue weighted by Gasteiger charge is -2.14. The van der Waals surface area contributed by atoms with Crippen LogP contribution in [0.3, 0.4) is 0 Å². The van der Waals surface area contributed by atoms with Crippen molar-refractivity contribution in [2.24, 2.45) is 0 Å². The van der Waals surface area contributed by atoms with Gasteiger partial charge in [-0.1, -0.05) is 36.4 Å². The molecule has 0 spiro atoms. The molecule has 5 nitrogen and oxygen atoms in total. The molecule has 0 aliphatic rings. The maximum absolute atomic E-state index is 10.6. The smallest absolute Gasteiger partial charge is 0.142 e. The van der Waals surface area contributed by atoms with E-state index in [1.165, 1.54) is 0 Å². The summed E-state index contributed by atoms with van der Waals surface area (Å²) in [5.41, 5.74) is 3.60. The molecule has 4 rings (SSSR count). The van der Waals surface area contributed by atoms with Crippen molar-refractivity contribution in [3.05, 3.63) is 78.3 Å². The summed E-state index contributed by atoms with van der Waals surface area (Å²) in [6.07, 6.45) is 6.26. The number of imidazole rings is 1. The minimum absolute atomic E-state index is 0.389. The van der Waals surface area contributed by atoms with Gasteiger partial charge in [0.25, 0.3) is 0 Å². The van der Waals surface area contributed by atoms with Gasteiger partial charge < -0.3 is 9.67 Å². The Kier molecular flexibility index (Phi) is 4.37. The number of nitrogens with zero attached hydrogens (tertiary/aromatic N) is 4. The van der Waals surface area contributed by atoms with Gasteiger partial charge in [-0.2, -0.15) is 0 Å². The number of hydrogen-bond acceptors (Lipinski definition) is 5. The summed E-state index contributed by atoms with van der Waals surface area (Å²) < 4.78 is 1.96. The van der Waals surface area contributed by atoms with Crippen LogP contribution in [-0.4, -0.2) is 24.6 Å². The monoisotopic (exact) mass is 348 g/mol. The lowest BCUT2D eigenvalue weighted by molar-refractivity contribution is 0.156. The second-order valence-corrected chi connectivity index (χ2v) is 6.49. The summed E-state index contributed by atoms with van der Waals surface area (Å²) in [5, 5.41) is 13.4. The second kappa shape index (κ2) is 6.96. The van der Waals surface area contributed by atoms with Crippen LogP contribution in [0, 0.1) is 0 Å². The topological polar surface area (TPSA) is 63.8 Å². The van der Waals surface area contributed by atoms with E-state index in [2.05, 4.69) is 15.0 Å². The summed E-state index contributed by atoms with van der Waals surface area (Å²) in [7, 11) is 0. The molecular formula is C19H16N4OS. The molecule has 0 unspecified atom stereocenters. The number of aliphatic hydroxyl groups is 1. The van der Waals surface area contributed by atoms with Crippen LogP contribution in [0.2, 0.25) is 0 Å². The van der Waals surface area contributed by atoms with E-state index in [0.29, 0.717) is 6.54 Å². The van der Waals surface area contributed by atoms with Gasteiger partial charge in [0.15, 0.2) is 0 Å². The number of hydrogen-bond donors (Lipinski definition) is 1. The molecule has 0 saturated heterocycles. The Morgan fingerprint density at radius 1 is 1.04 bits per heavy atom. The van der Waals surface area contributed by atoms with Gasteiger partial charge in [0, 0.05) is 35.1 Å². The molecule has 0 aliphatic heterocycles. The summed E-state index contributed by atoms with van der Waals surface area (Å²) in [4.78, 5) is 13.1. The number of thiazole rings is 1. The van der Waals surface area contributed by atoms with Crippen LogP contribution < -0.4 is 0 Å². The average Bonchev–Trinajstić information content (AvgIpc) is 3.32.